The molecule has 1 aliphatic carbocycles. The van der Waals surface area contributed by atoms with E-state index in [1.807, 2.05) is 25.1 Å². The van der Waals surface area contributed by atoms with Crippen LogP contribution in [-0.4, -0.2) is 12.4 Å². The first kappa shape index (κ1) is 11.2. The molecule has 1 saturated carbocycles. The van der Waals surface area contributed by atoms with Gasteiger partial charge in [-0.3, -0.25) is 4.79 Å². The summed E-state index contributed by atoms with van der Waals surface area (Å²) in [4.78, 5) is 10.7. The fourth-order valence-corrected chi connectivity index (χ4v) is 2.23. The molecule has 1 fully saturated rings. The van der Waals surface area contributed by atoms with Crippen molar-refractivity contribution in [3.05, 3.63) is 29.3 Å². The summed E-state index contributed by atoms with van der Waals surface area (Å²) >= 11 is 0. The number of rotatable bonds is 3. The Morgan fingerprint density at radius 1 is 1.25 bits per heavy atom. The van der Waals surface area contributed by atoms with Crippen LogP contribution in [0.2, 0.25) is 0 Å². The zero-order valence-corrected chi connectivity index (χ0v) is 9.74. The maximum Gasteiger partial charge on any atom is 0.150 e. The normalized spacial score (nSPS) is 17.1. The lowest BCUT2D eigenvalue weighted by molar-refractivity contribution is 0.112. The average Bonchev–Trinajstić information content (AvgIpc) is 2.31. The van der Waals surface area contributed by atoms with Gasteiger partial charge < -0.3 is 4.74 Å². The van der Waals surface area contributed by atoms with Gasteiger partial charge in [0.15, 0.2) is 0 Å². The SMILES string of the molecule is Cc1cc(OC2CCCCC2)ccc1C=O. The highest BCUT2D eigenvalue weighted by Crippen LogP contribution is 2.24. The fraction of sp³-hybridized carbons (Fsp3) is 0.500. The van der Waals surface area contributed by atoms with Crippen molar-refractivity contribution in [3.8, 4) is 5.75 Å². The van der Waals surface area contributed by atoms with Crippen LogP contribution in [0.4, 0.5) is 0 Å². The van der Waals surface area contributed by atoms with Crippen LogP contribution in [0, 0.1) is 6.92 Å². The maximum atomic E-state index is 10.7. The molecule has 1 aliphatic rings. The van der Waals surface area contributed by atoms with Crippen LogP contribution in [-0.2, 0) is 0 Å². The first-order valence-corrected chi connectivity index (χ1v) is 6.02. The van der Waals surface area contributed by atoms with Crippen molar-refractivity contribution in [1.29, 1.82) is 0 Å². The Labute approximate surface area is 96.6 Å². The first-order valence-electron chi connectivity index (χ1n) is 6.02. The van der Waals surface area contributed by atoms with Crippen molar-refractivity contribution in [2.24, 2.45) is 0 Å². The second kappa shape index (κ2) is 5.15. The number of aldehydes is 1. The van der Waals surface area contributed by atoms with Crippen molar-refractivity contribution in [2.45, 2.75) is 45.1 Å². The number of ether oxygens (including phenoxy) is 1. The summed E-state index contributed by atoms with van der Waals surface area (Å²) in [6.07, 6.45) is 7.47. The molecule has 0 radical (unpaired) electrons. The third kappa shape index (κ3) is 2.63. The van der Waals surface area contributed by atoms with E-state index in [0.717, 1.165) is 36.0 Å². The molecule has 16 heavy (non-hydrogen) atoms. The van der Waals surface area contributed by atoms with E-state index >= 15 is 0 Å². The highest BCUT2D eigenvalue weighted by atomic mass is 16.5. The number of carbonyl (C=O) groups is 1. The number of hydrogen-bond acceptors (Lipinski definition) is 2. The molecule has 2 rings (SSSR count). The lowest BCUT2D eigenvalue weighted by Gasteiger charge is -2.23. The minimum absolute atomic E-state index is 0.371. The van der Waals surface area contributed by atoms with E-state index in [1.54, 1.807) is 0 Å². The second-order valence-electron chi connectivity index (χ2n) is 4.51. The summed E-state index contributed by atoms with van der Waals surface area (Å²) in [6, 6.07) is 5.68. The maximum absolute atomic E-state index is 10.7. The van der Waals surface area contributed by atoms with E-state index < -0.39 is 0 Å². The molecule has 2 nitrogen and oxygen atoms in total. The van der Waals surface area contributed by atoms with Crippen LogP contribution in [0.1, 0.15) is 48.0 Å². The van der Waals surface area contributed by atoms with E-state index in [1.165, 1.54) is 19.3 Å². The molecule has 0 unspecified atom stereocenters. The van der Waals surface area contributed by atoms with Gasteiger partial charge in [0.2, 0.25) is 0 Å². The molecule has 2 heteroatoms. The van der Waals surface area contributed by atoms with Gasteiger partial charge in [-0.2, -0.15) is 0 Å². The van der Waals surface area contributed by atoms with Gasteiger partial charge in [0.1, 0.15) is 12.0 Å². The van der Waals surface area contributed by atoms with Gasteiger partial charge in [0, 0.05) is 5.56 Å². The van der Waals surface area contributed by atoms with Crippen molar-refractivity contribution in [1.82, 2.24) is 0 Å². The Balaban J connectivity index is 2.03. The zero-order valence-electron chi connectivity index (χ0n) is 9.74. The van der Waals surface area contributed by atoms with E-state index in [4.69, 9.17) is 4.74 Å². The quantitative estimate of drug-likeness (QED) is 0.725. The Morgan fingerprint density at radius 3 is 2.62 bits per heavy atom. The highest BCUT2D eigenvalue weighted by molar-refractivity contribution is 5.77. The minimum Gasteiger partial charge on any atom is -0.490 e. The second-order valence-corrected chi connectivity index (χ2v) is 4.51. The van der Waals surface area contributed by atoms with Gasteiger partial charge in [-0.1, -0.05) is 6.42 Å². The minimum atomic E-state index is 0.371. The molecule has 0 spiro atoms. The number of hydrogen-bond donors (Lipinski definition) is 0. The van der Waals surface area contributed by atoms with Gasteiger partial charge in [-0.05, 0) is 56.4 Å². The van der Waals surface area contributed by atoms with Gasteiger partial charge in [0.25, 0.3) is 0 Å². The van der Waals surface area contributed by atoms with Gasteiger partial charge in [-0.25, -0.2) is 0 Å². The lowest BCUT2D eigenvalue weighted by atomic mass is 9.98. The summed E-state index contributed by atoms with van der Waals surface area (Å²) in [5.74, 6) is 0.898. The van der Waals surface area contributed by atoms with Crippen LogP contribution < -0.4 is 4.74 Å². The Morgan fingerprint density at radius 2 is 2.00 bits per heavy atom. The molecule has 0 amide bonds. The monoisotopic (exact) mass is 218 g/mol. The smallest absolute Gasteiger partial charge is 0.150 e. The van der Waals surface area contributed by atoms with Crippen LogP contribution in [0.3, 0.4) is 0 Å². The van der Waals surface area contributed by atoms with E-state index in [2.05, 4.69) is 0 Å². The Bertz CT molecular complexity index is 365. The summed E-state index contributed by atoms with van der Waals surface area (Å²) in [6.45, 7) is 1.94. The first-order chi connectivity index (χ1) is 7.79. The van der Waals surface area contributed by atoms with E-state index in [0.29, 0.717) is 6.10 Å². The molecule has 0 heterocycles. The number of benzene rings is 1. The highest BCUT2D eigenvalue weighted by Gasteiger charge is 2.14. The van der Waals surface area contributed by atoms with Crippen LogP contribution >= 0.6 is 0 Å². The summed E-state index contributed by atoms with van der Waals surface area (Å²) in [5, 5.41) is 0. The third-order valence-electron chi connectivity index (χ3n) is 3.22. The third-order valence-corrected chi connectivity index (χ3v) is 3.22. The number of aryl methyl sites for hydroxylation is 1. The molecular weight excluding hydrogens is 200 g/mol. The molecule has 1 aromatic rings. The van der Waals surface area contributed by atoms with Crippen molar-refractivity contribution >= 4 is 6.29 Å². The Kier molecular flexibility index (Phi) is 3.60. The van der Waals surface area contributed by atoms with Gasteiger partial charge in [-0.15, -0.1) is 0 Å². The van der Waals surface area contributed by atoms with Crippen molar-refractivity contribution < 1.29 is 9.53 Å². The molecule has 0 saturated heterocycles. The molecule has 0 aliphatic heterocycles. The molecular formula is C14H18O2. The van der Waals surface area contributed by atoms with Gasteiger partial charge >= 0.3 is 0 Å². The van der Waals surface area contributed by atoms with E-state index in [9.17, 15) is 4.79 Å². The van der Waals surface area contributed by atoms with Crippen LogP contribution in [0.25, 0.3) is 0 Å². The summed E-state index contributed by atoms with van der Waals surface area (Å²) < 4.78 is 5.92. The number of carbonyl (C=O) groups excluding carboxylic acids is 1. The molecule has 86 valence electrons. The predicted molar refractivity (Wildman–Crippen MR) is 64.1 cm³/mol. The molecule has 0 N–H and O–H groups in total. The standard InChI is InChI=1S/C14H18O2/c1-11-9-14(8-7-12(11)10-15)16-13-5-3-2-4-6-13/h7-10,13H,2-6H2,1H3. The molecule has 1 aromatic carbocycles. The Hall–Kier alpha value is -1.31. The van der Waals surface area contributed by atoms with Crippen LogP contribution in [0.5, 0.6) is 5.75 Å². The molecule has 0 atom stereocenters. The largest absolute Gasteiger partial charge is 0.490 e. The summed E-state index contributed by atoms with van der Waals surface area (Å²) in [5.41, 5.74) is 1.74. The van der Waals surface area contributed by atoms with Gasteiger partial charge in [0.05, 0.1) is 6.10 Å². The van der Waals surface area contributed by atoms with E-state index in [-0.39, 0.29) is 0 Å². The topological polar surface area (TPSA) is 26.3 Å². The summed E-state index contributed by atoms with van der Waals surface area (Å²) in [7, 11) is 0. The lowest BCUT2D eigenvalue weighted by Crippen LogP contribution is -2.19. The zero-order chi connectivity index (χ0) is 11.4. The predicted octanol–water partition coefficient (Wildman–Crippen LogP) is 3.52. The molecule has 0 aromatic heterocycles. The van der Waals surface area contributed by atoms with Crippen molar-refractivity contribution in [2.75, 3.05) is 0 Å². The van der Waals surface area contributed by atoms with Crippen molar-refractivity contribution in [3.63, 3.8) is 0 Å². The van der Waals surface area contributed by atoms with Crippen LogP contribution in [0.15, 0.2) is 18.2 Å². The average molecular weight is 218 g/mol. The fourth-order valence-electron chi connectivity index (χ4n) is 2.23. The molecule has 0 bridgehead atoms.